The summed E-state index contributed by atoms with van der Waals surface area (Å²) in [6.45, 7) is 0. The fourth-order valence-corrected chi connectivity index (χ4v) is 3.90. The highest BCUT2D eigenvalue weighted by atomic mass is 16.2. The second-order valence-electron chi connectivity index (χ2n) is 5.64. The van der Waals surface area contributed by atoms with E-state index in [4.69, 9.17) is 5.26 Å². The van der Waals surface area contributed by atoms with Gasteiger partial charge < -0.3 is 0 Å². The van der Waals surface area contributed by atoms with Gasteiger partial charge in [-0.15, -0.1) is 0 Å². The molecule has 0 unspecified atom stereocenters. The van der Waals surface area contributed by atoms with Crippen molar-refractivity contribution >= 4 is 17.5 Å². The van der Waals surface area contributed by atoms with Gasteiger partial charge in [0.2, 0.25) is 11.8 Å². The number of nitrogens with zero attached hydrogens (tertiary/aromatic N) is 2. The molecule has 2 amide bonds. The third-order valence-electron chi connectivity index (χ3n) is 4.74. The van der Waals surface area contributed by atoms with E-state index < -0.39 is 0 Å². The fraction of sp³-hybridized carbons (Fsp3) is 0.312. The molecule has 2 fully saturated rings. The Hall–Kier alpha value is -2.41. The first-order valence-corrected chi connectivity index (χ1v) is 6.77. The van der Waals surface area contributed by atoms with Gasteiger partial charge in [-0.25, -0.2) is 4.90 Å². The molecule has 2 aliphatic carbocycles. The van der Waals surface area contributed by atoms with Crippen LogP contribution in [0.2, 0.25) is 0 Å². The zero-order valence-electron chi connectivity index (χ0n) is 10.7. The van der Waals surface area contributed by atoms with E-state index in [0.717, 1.165) is 6.42 Å². The van der Waals surface area contributed by atoms with Gasteiger partial charge in [0.05, 0.1) is 23.1 Å². The Morgan fingerprint density at radius 2 is 1.65 bits per heavy atom. The summed E-state index contributed by atoms with van der Waals surface area (Å²) in [5.74, 6) is -0.325. The molecule has 20 heavy (non-hydrogen) atoms. The topological polar surface area (TPSA) is 61.2 Å². The second kappa shape index (κ2) is 3.80. The molecular formula is C16H12N2O2. The predicted molar refractivity (Wildman–Crippen MR) is 71.4 cm³/mol. The van der Waals surface area contributed by atoms with Crippen LogP contribution in [0.4, 0.5) is 5.69 Å². The standard InChI is InChI=1S/C16H12N2O2/c17-8-11-3-1-2-4-12(11)18-15(19)13-9-5-6-10(7-9)14(13)16(18)20/h1-6,9-10,13-14H,7H2/t9-,10+,13-,14+. The molecule has 1 aromatic carbocycles. The van der Waals surface area contributed by atoms with E-state index in [1.165, 1.54) is 4.90 Å². The van der Waals surface area contributed by atoms with Gasteiger partial charge >= 0.3 is 0 Å². The molecular weight excluding hydrogens is 252 g/mol. The monoisotopic (exact) mass is 264 g/mol. The van der Waals surface area contributed by atoms with Crippen LogP contribution in [0.3, 0.4) is 0 Å². The van der Waals surface area contributed by atoms with E-state index >= 15 is 0 Å². The molecule has 1 aromatic rings. The van der Waals surface area contributed by atoms with Gasteiger partial charge in [-0.1, -0.05) is 24.3 Å². The maximum atomic E-state index is 12.6. The number of hydrogen-bond acceptors (Lipinski definition) is 3. The summed E-state index contributed by atoms with van der Waals surface area (Å²) >= 11 is 0. The van der Waals surface area contributed by atoms with Gasteiger partial charge in [-0.05, 0) is 30.4 Å². The summed E-state index contributed by atoms with van der Waals surface area (Å²) in [5, 5.41) is 9.16. The largest absolute Gasteiger partial charge is 0.274 e. The van der Waals surface area contributed by atoms with Crippen LogP contribution < -0.4 is 4.90 Å². The van der Waals surface area contributed by atoms with Crippen molar-refractivity contribution in [1.82, 2.24) is 0 Å². The van der Waals surface area contributed by atoms with Crippen molar-refractivity contribution in [2.45, 2.75) is 6.42 Å². The lowest BCUT2D eigenvalue weighted by atomic mass is 9.85. The van der Waals surface area contributed by atoms with E-state index in [1.807, 2.05) is 0 Å². The number of para-hydroxylation sites is 1. The highest BCUT2D eigenvalue weighted by Gasteiger charge is 2.59. The molecule has 4 rings (SSSR count). The summed E-state index contributed by atoms with van der Waals surface area (Å²) < 4.78 is 0. The second-order valence-corrected chi connectivity index (χ2v) is 5.64. The van der Waals surface area contributed by atoms with Gasteiger partial charge in [0, 0.05) is 0 Å². The Labute approximate surface area is 116 Å². The van der Waals surface area contributed by atoms with Crippen LogP contribution in [-0.2, 0) is 9.59 Å². The molecule has 3 aliphatic rings. The molecule has 1 heterocycles. The molecule has 4 atom stereocenters. The highest BCUT2D eigenvalue weighted by molar-refractivity contribution is 6.23. The van der Waals surface area contributed by atoms with Crippen molar-refractivity contribution in [2.24, 2.45) is 23.7 Å². The maximum absolute atomic E-state index is 12.6. The smallest absolute Gasteiger partial charge is 0.238 e. The van der Waals surface area contributed by atoms with E-state index in [0.29, 0.717) is 11.3 Å². The van der Waals surface area contributed by atoms with Gasteiger partial charge in [-0.2, -0.15) is 5.26 Å². The quantitative estimate of drug-likeness (QED) is 0.574. The molecule has 1 aliphatic heterocycles. The Bertz CT molecular complexity index is 671. The summed E-state index contributed by atoms with van der Waals surface area (Å²) in [4.78, 5) is 26.5. The number of anilines is 1. The zero-order chi connectivity index (χ0) is 13.9. The molecule has 1 saturated heterocycles. The van der Waals surface area contributed by atoms with Crippen LogP contribution in [0.15, 0.2) is 36.4 Å². The third-order valence-corrected chi connectivity index (χ3v) is 4.74. The van der Waals surface area contributed by atoms with Gasteiger partial charge in [0.1, 0.15) is 6.07 Å². The van der Waals surface area contributed by atoms with Crippen LogP contribution in [0.5, 0.6) is 0 Å². The molecule has 98 valence electrons. The Kier molecular flexibility index (Phi) is 2.17. The number of carbonyl (C=O) groups is 2. The first-order chi connectivity index (χ1) is 9.72. The Morgan fingerprint density at radius 3 is 2.25 bits per heavy atom. The summed E-state index contributed by atoms with van der Waals surface area (Å²) in [7, 11) is 0. The number of allylic oxidation sites excluding steroid dienone is 2. The average molecular weight is 264 g/mol. The van der Waals surface area contributed by atoms with Crippen molar-refractivity contribution in [3.8, 4) is 6.07 Å². The number of rotatable bonds is 1. The first kappa shape index (κ1) is 11.4. The number of hydrogen-bond donors (Lipinski definition) is 0. The average Bonchev–Trinajstić information content (AvgIpc) is 3.13. The lowest BCUT2D eigenvalue weighted by molar-refractivity contribution is -0.123. The normalized spacial score (nSPS) is 33.6. The lowest BCUT2D eigenvalue weighted by Crippen LogP contribution is -2.33. The molecule has 0 aromatic heterocycles. The number of amides is 2. The lowest BCUT2D eigenvalue weighted by Gasteiger charge is -2.18. The third kappa shape index (κ3) is 1.25. The maximum Gasteiger partial charge on any atom is 0.238 e. The van der Waals surface area contributed by atoms with E-state index in [1.54, 1.807) is 24.3 Å². The molecule has 4 heteroatoms. The minimum Gasteiger partial charge on any atom is -0.274 e. The predicted octanol–water partition coefficient (Wildman–Crippen LogP) is 1.87. The summed E-state index contributed by atoms with van der Waals surface area (Å²) in [6, 6.07) is 8.85. The molecule has 0 radical (unpaired) electrons. The summed E-state index contributed by atoms with van der Waals surface area (Å²) in [6.07, 6.45) is 5.05. The minimum absolute atomic E-state index is 0.139. The molecule has 4 nitrogen and oxygen atoms in total. The summed E-state index contributed by atoms with van der Waals surface area (Å²) in [5.41, 5.74) is 0.799. The van der Waals surface area contributed by atoms with Crippen LogP contribution in [-0.4, -0.2) is 11.8 Å². The number of fused-ring (bicyclic) bond motifs is 5. The number of benzene rings is 1. The SMILES string of the molecule is N#Cc1ccccc1N1C(=O)[C@@H]2[C@H](C1=O)[C@@H]1C=C[C@H]2C1. The Morgan fingerprint density at radius 1 is 1.05 bits per heavy atom. The van der Waals surface area contributed by atoms with Crippen molar-refractivity contribution in [1.29, 1.82) is 5.26 Å². The number of nitriles is 1. The van der Waals surface area contributed by atoms with Crippen LogP contribution >= 0.6 is 0 Å². The van der Waals surface area contributed by atoms with Crippen LogP contribution in [0.25, 0.3) is 0 Å². The molecule has 0 spiro atoms. The number of imide groups is 1. The number of carbonyl (C=O) groups excluding carboxylic acids is 2. The highest BCUT2D eigenvalue weighted by Crippen LogP contribution is 2.53. The van der Waals surface area contributed by atoms with Gasteiger partial charge in [0.15, 0.2) is 0 Å². The van der Waals surface area contributed by atoms with Crippen molar-refractivity contribution in [3.05, 3.63) is 42.0 Å². The van der Waals surface area contributed by atoms with Gasteiger partial charge in [0.25, 0.3) is 0 Å². The van der Waals surface area contributed by atoms with Crippen molar-refractivity contribution in [2.75, 3.05) is 4.90 Å². The van der Waals surface area contributed by atoms with E-state index in [2.05, 4.69) is 18.2 Å². The fourth-order valence-electron chi connectivity index (χ4n) is 3.90. The van der Waals surface area contributed by atoms with Crippen molar-refractivity contribution in [3.63, 3.8) is 0 Å². The minimum atomic E-state index is -0.218. The van der Waals surface area contributed by atoms with Gasteiger partial charge in [-0.3, -0.25) is 9.59 Å². The Balaban J connectivity index is 1.81. The van der Waals surface area contributed by atoms with E-state index in [-0.39, 0.29) is 35.5 Å². The van der Waals surface area contributed by atoms with E-state index in [9.17, 15) is 9.59 Å². The van der Waals surface area contributed by atoms with Crippen LogP contribution in [0.1, 0.15) is 12.0 Å². The first-order valence-electron chi connectivity index (χ1n) is 6.77. The molecule has 0 N–H and O–H groups in total. The van der Waals surface area contributed by atoms with Crippen molar-refractivity contribution < 1.29 is 9.59 Å². The molecule has 2 bridgehead atoms. The molecule has 1 saturated carbocycles. The zero-order valence-corrected chi connectivity index (χ0v) is 10.7. The van der Waals surface area contributed by atoms with Crippen LogP contribution in [0, 0.1) is 35.0 Å².